The molecule has 21 heavy (non-hydrogen) atoms. The van der Waals surface area contributed by atoms with Crippen LogP contribution >= 0.6 is 0 Å². The second-order valence-corrected chi connectivity index (χ2v) is 5.63. The Morgan fingerprint density at radius 3 is 2.62 bits per heavy atom. The molecule has 4 heteroatoms. The van der Waals surface area contributed by atoms with Gasteiger partial charge in [0, 0.05) is 32.2 Å². The van der Waals surface area contributed by atoms with Crippen LogP contribution in [0.1, 0.15) is 18.4 Å². The summed E-state index contributed by atoms with van der Waals surface area (Å²) in [6, 6.07) is 10.3. The van der Waals surface area contributed by atoms with Gasteiger partial charge in [-0.3, -0.25) is 0 Å². The van der Waals surface area contributed by atoms with E-state index in [9.17, 15) is 10.2 Å². The van der Waals surface area contributed by atoms with Crippen molar-refractivity contribution in [2.75, 3.05) is 32.8 Å². The van der Waals surface area contributed by atoms with Crippen LogP contribution in [0.25, 0.3) is 6.08 Å². The molecule has 116 valence electrons. The van der Waals surface area contributed by atoms with Gasteiger partial charge in [-0.15, -0.1) is 0 Å². The van der Waals surface area contributed by atoms with Crippen LogP contribution < -0.4 is 5.32 Å². The zero-order chi connectivity index (χ0) is 14.9. The molecule has 0 aromatic heterocycles. The van der Waals surface area contributed by atoms with Crippen LogP contribution in [0.5, 0.6) is 0 Å². The summed E-state index contributed by atoms with van der Waals surface area (Å²) in [6.45, 7) is 3.55. The van der Waals surface area contributed by atoms with Crippen LogP contribution in [0.2, 0.25) is 0 Å². The molecule has 3 N–H and O–H groups in total. The van der Waals surface area contributed by atoms with Gasteiger partial charge >= 0.3 is 0 Å². The van der Waals surface area contributed by atoms with E-state index in [2.05, 4.69) is 34.5 Å². The molecular weight excluding hydrogens is 264 g/mol. The molecule has 0 bridgehead atoms. The van der Waals surface area contributed by atoms with Gasteiger partial charge in [0.05, 0.1) is 12.7 Å². The molecule has 1 saturated heterocycles. The van der Waals surface area contributed by atoms with Crippen molar-refractivity contribution < 1.29 is 10.2 Å². The van der Waals surface area contributed by atoms with Crippen molar-refractivity contribution >= 4 is 6.08 Å². The smallest absolute Gasteiger partial charge is 0.0597 e. The van der Waals surface area contributed by atoms with Crippen molar-refractivity contribution in [1.29, 1.82) is 0 Å². The lowest BCUT2D eigenvalue weighted by Crippen LogP contribution is -2.46. The van der Waals surface area contributed by atoms with Crippen LogP contribution in [0, 0.1) is 0 Å². The number of nitrogens with one attached hydrogen (secondary N) is 1. The van der Waals surface area contributed by atoms with Gasteiger partial charge < -0.3 is 20.4 Å². The zero-order valence-electron chi connectivity index (χ0n) is 12.5. The Morgan fingerprint density at radius 2 is 1.95 bits per heavy atom. The zero-order valence-corrected chi connectivity index (χ0v) is 12.5. The fourth-order valence-corrected chi connectivity index (χ4v) is 2.59. The Morgan fingerprint density at radius 1 is 1.24 bits per heavy atom. The molecule has 1 heterocycles. The number of likely N-dealkylation sites (tertiary alicyclic amines) is 1. The molecule has 4 nitrogen and oxygen atoms in total. The van der Waals surface area contributed by atoms with Gasteiger partial charge in [0.25, 0.3) is 0 Å². The highest BCUT2D eigenvalue weighted by Gasteiger charge is 2.19. The molecule has 1 unspecified atom stereocenters. The number of benzene rings is 1. The first-order valence-electron chi connectivity index (χ1n) is 7.74. The number of hydrogen-bond acceptors (Lipinski definition) is 4. The largest absolute Gasteiger partial charge is 0.395 e. The highest BCUT2D eigenvalue weighted by atomic mass is 16.3. The van der Waals surface area contributed by atoms with E-state index < -0.39 is 0 Å². The average molecular weight is 290 g/mol. The number of piperidine rings is 1. The minimum Gasteiger partial charge on any atom is -0.395 e. The third-order valence-electron chi connectivity index (χ3n) is 3.89. The maximum atomic E-state index is 9.50. The second kappa shape index (κ2) is 8.95. The van der Waals surface area contributed by atoms with Crippen molar-refractivity contribution in [2.24, 2.45) is 0 Å². The fourth-order valence-electron chi connectivity index (χ4n) is 2.59. The Kier molecular flexibility index (Phi) is 6.89. The summed E-state index contributed by atoms with van der Waals surface area (Å²) in [5, 5.41) is 22.3. The molecule has 1 aliphatic rings. The lowest BCUT2D eigenvalue weighted by molar-refractivity contribution is 0.0729. The molecule has 0 spiro atoms. The molecule has 1 aromatic carbocycles. The molecule has 0 amide bonds. The summed E-state index contributed by atoms with van der Waals surface area (Å²) in [7, 11) is 0. The minimum absolute atomic E-state index is 0.0840. The van der Waals surface area contributed by atoms with Crippen molar-refractivity contribution in [3.05, 3.63) is 42.0 Å². The van der Waals surface area contributed by atoms with Crippen molar-refractivity contribution in [2.45, 2.75) is 25.0 Å². The minimum atomic E-state index is -0.143. The van der Waals surface area contributed by atoms with E-state index in [1.54, 1.807) is 0 Å². The summed E-state index contributed by atoms with van der Waals surface area (Å²) in [4.78, 5) is 2.31. The van der Waals surface area contributed by atoms with E-state index in [0.717, 1.165) is 39.0 Å². The van der Waals surface area contributed by atoms with Crippen LogP contribution in [0.15, 0.2) is 36.4 Å². The lowest BCUT2D eigenvalue weighted by atomic mass is 10.1. The van der Waals surface area contributed by atoms with Gasteiger partial charge in [0.2, 0.25) is 0 Å². The van der Waals surface area contributed by atoms with E-state index >= 15 is 0 Å². The quantitative estimate of drug-likeness (QED) is 0.704. The predicted molar refractivity (Wildman–Crippen MR) is 86.0 cm³/mol. The third kappa shape index (κ3) is 5.98. The van der Waals surface area contributed by atoms with Crippen LogP contribution in [-0.4, -0.2) is 60.0 Å². The average Bonchev–Trinajstić information content (AvgIpc) is 2.53. The van der Waals surface area contributed by atoms with Gasteiger partial charge in [-0.1, -0.05) is 42.5 Å². The van der Waals surface area contributed by atoms with Gasteiger partial charge in [0.15, 0.2) is 0 Å². The van der Waals surface area contributed by atoms with Gasteiger partial charge in [-0.25, -0.2) is 0 Å². The van der Waals surface area contributed by atoms with Crippen LogP contribution in [0.4, 0.5) is 0 Å². The lowest BCUT2D eigenvalue weighted by Gasteiger charge is -2.32. The Labute approximate surface area is 127 Å². The topological polar surface area (TPSA) is 55.7 Å². The predicted octanol–water partition coefficient (Wildman–Crippen LogP) is 1.11. The van der Waals surface area contributed by atoms with E-state index in [-0.39, 0.29) is 18.8 Å². The maximum Gasteiger partial charge on any atom is 0.0597 e. The Bertz CT molecular complexity index is 414. The van der Waals surface area contributed by atoms with Gasteiger partial charge in [0.1, 0.15) is 0 Å². The molecule has 1 atom stereocenters. The molecular formula is C17H26N2O2. The number of aliphatic hydroxyl groups excluding tert-OH is 2. The van der Waals surface area contributed by atoms with E-state index in [0.29, 0.717) is 0 Å². The number of hydrogen-bond donors (Lipinski definition) is 3. The van der Waals surface area contributed by atoms with Crippen molar-refractivity contribution in [3.63, 3.8) is 0 Å². The van der Waals surface area contributed by atoms with Crippen molar-refractivity contribution in [3.8, 4) is 0 Å². The second-order valence-electron chi connectivity index (χ2n) is 5.63. The molecule has 1 fully saturated rings. The molecule has 2 rings (SSSR count). The Hall–Kier alpha value is -1.20. The Balaban J connectivity index is 1.69. The van der Waals surface area contributed by atoms with E-state index in [1.165, 1.54) is 5.56 Å². The van der Waals surface area contributed by atoms with Crippen LogP contribution in [0.3, 0.4) is 0 Å². The standard InChI is InChI=1S/C17H26N2O2/c20-14-16(13-19-11-8-17(21)9-12-19)18-10-4-7-15-5-2-1-3-6-15/h1-7,16-18,20-21H,8-14H2/b7-4+. The molecule has 0 saturated carbocycles. The van der Waals surface area contributed by atoms with Crippen LogP contribution in [-0.2, 0) is 0 Å². The fraction of sp³-hybridized carbons (Fsp3) is 0.529. The SMILES string of the molecule is OCC(CN1CCC(O)CC1)NC/C=C/c1ccccc1. The first kappa shape index (κ1) is 16.2. The first-order chi connectivity index (χ1) is 10.3. The number of nitrogens with zero attached hydrogens (tertiary/aromatic N) is 1. The summed E-state index contributed by atoms with van der Waals surface area (Å²) < 4.78 is 0. The summed E-state index contributed by atoms with van der Waals surface area (Å²) in [6.07, 6.45) is 5.70. The maximum absolute atomic E-state index is 9.50. The summed E-state index contributed by atoms with van der Waals surface area (Å²) >= 11 is 0. The molecule has 1 aromatic rings. The molecule has 1 aliphatic heterocycles. The highest BCUT2D eigenvalue weighted by Crippen LogP contribution is 2.10. The van der Waals surface area contributed by atoms with E-state index in [1.807, 2.05) is 18.2 Å². The van der Waals surface area contributed by atoms with Crippen molar-refractivity contribution in [1.82, 2.24) is 10.2 Å². The molecule has 0 aliphatic carbocycles. The highest BCUT2D eigenvalue weighted by molar-refractivity contribution is 5.48. The number of rotatable bonds is 7. The summed E-state index contributed by atoms with van der Waals surface area (Å²) in [5.41, 5.74) is 1.19. The van der Waals surface area contributed by atoms with E-state index in [4.69, 9.17) is 0 Å². The first-order valence-corrected chi connectivity index (χ1v) is 7.74. The monoisotopic (exact) mass is 290 g/mol. The van der Waals surface area contributed by atoms with Gasteiger partial charge in [-0.05, 0) is 18.4 Å². The van der Waals surface area contributed by atoms with Gasteiger partial charge in [-0.2, -0.15) is 0 Å². The summed E-state index contributed by atoms with van der Waals surface area (Å²) in [5.74, 6) is 0. The third-order valence-corrected chi connectivity index (χ3v) is 3.89. The number of aliphatic hydroxyl groups is 2. The normalized spacial score (nSPS) is 19.1. The molecule has 0 radical (unpaired) electrons.